The van der Waals surface area contributed by atoms with E-state index in [-0.39, 0.29) is 11.9 Å². The molecule has 1 aromatic carbocycles. The quantitative estimate of drug-likeness (QED) is 0.869. The highest BCUT2D eigenvalue weighted by molar-refractivity contribution is 5.76. The molecule has 0 spiro atoms. The summed E-state index contributed by atoms with van der Waals surface area (Å²) in [4.78, 5) is 13.7. The molecule has 0 saturated carbocycles. The first-order valence-corrected chi connectivity index (χ1v) is 6.45. The lowest BCUT2D eigenvalue weighted by atomic mass is 10.0. The van der Waals surface area contributed by atoms with Crippen molar-refractivity contribution in [3.05, 3.63) is 35.4 Å². The van der Waals surface area contributed by atoms with Crippen molar-refractivity contribution in [2.75, 3.05) is 7.05 Å². The van der Waals surface area contributed by atoms with Crippen molar-refractivity contribution in [2.24, 2.45) is 11.7 Å². The average molecular weight is 248 g/mol. The number of carbonyl (C=O) groups is 1. The van der Waals surface area contributed by atoms with E-state index in [2.05, 4.69) is 19.1 Å². The Kier molecular flexibility index (Phi) is 5.35. The van der Waals surface area contributed by atoms with Gasteiger partial charge in [0.05, 0.1) is 0 Å². The van der Waals surface area contributed by atoms with Gasteiger partial charge in [0.2, 0.25) is 5.91 Å². The van der Waals surface area contributed by atoms with Crippen LogP contribution in [0.1, 0.15) is 31.4 Å². The largest absolute Gasteiger partial charge is 0.341 e. The number of nitrogens with two attached hydrogens (primary N) is 1. The van der Waals surface area contributed by atoms with Gasteiger partial charge in [0.15, 0.2) is 0 Å². The van der Waals surface area contributed by atoms with Crippen molar-refractivity contribution in [1.82, 2.24) is 4.90 Å². The Bertz CT molecular complexity index is 401. The minimum atomic E-state index is -0.0579. The molecule has 1 aromatic rings. The Morgan fingerprint density at radius 1 is 1.39 bits per heavy atom. The van der Waals surface area contributed by atoms with Crippen molar-refractivity contribution < 1.29 is 4.79 Å². The van der Waals surface area contributed by atoms with Gasteiger partial charge in [-0.3, -0.25) is 4.79 Å². The zero-order valence-corrected chi connectivity index (χ0v) is 11.8. The van der Waals surface area contributed by atoms with Crippen LogP contribution < -0.4 is 5.73 Å². The van der Waals surface area contributed by atoms with Crippen LogP contribution in [0.15, 0.2) is 24.3 Å². The smallest absolute Gasteiger partial charge is 0.224 e. The van der Waals surface area contributed by atoms with Gasteiger partial charge < -0.3 is 10.6 Å². The van der Waals surface area contributed by atoms with Crippen molar-refractivity contribution in [3.63, 3.8) is 0 Å². The molecule has 0 radical (unpaired) electrons. The molecule has 0 bridgehead atoms. The fourth-order valence-electron chi connectivity index (χ4n) is 1.77. The van der Waals surface area contributed by atoms with Gasteiger partial charge in [0.25, 0.3) is 0 Å². The molecule has 1 atom stereocenters. The molecule has 1 unspecified atom stereocenters. The maximum atomic E-state index is 12.0. The molecule has 0 fully saturated rings. The maximum Gasteiger partial charge on any atom is 0.224 e. The number of nitrogens with zero attached hydrogens (tertiary/aromatic N) is 1. The minimum absolute atomic E-state index is 0.0579. The standard InChI is InChI=1S/C15H24N2O/c1-11(2)14(16)9-15(18)17(4)10-13-7-5-6-12(3)8-13/h5-8,11,14H,9-10,16H2,1-4H3. The summed E-state index contributed by atoms with van der Waals surface area (Å²) < 4.78 is 0. The third-order valence-electron chi connectivity index (χ3n) is 3.19. The fourth-order valence-corrected chi connectivity index (χ4v) is 1.77. The van der Waals surface area contributed by atoms with Crippen LogP contribution >= 0.6 is 0 Å². The Morgan fingerprint density at radius 3 is 2.61 bits per heavy atom. The van der Waals surface area contributed by atoms with Gasteiger partial charge in [-0.1, -0.05) is 43.7 Å². The van der Waals surface area contributed by atoms with Crippen molar-refractivity contribution >= 4 is 5.91 Å². The third kappa shape index (κ3) is 4.49. The Balaban J connectivity index is 2.55. The van der Waals surface area contributed by atoms with Gasteiger partial charge >= 0.3 is 0 Å². The topological polar surface area (TPSA) is 46.3 Å². The molecule has 100 valence electrons. The van der Waals surface area contributed by atoms with E-state index in [0.717, 1.165) is 5.56 Å². The summed E-state index contributed by atoms with van der Waals surface area (Å²) in [5.41, 5.74) is 8.30. The Labute approximate surface area is 110 Å². The zero-order valence-electron chi connectivity index (χ0n) is 11.8. The highest BCUT2D eigenvalue weighted by Crippen LogP contribution is 2.09. The highest BCUT2D eigenvalue weighted by atomic mass is 16.2. The normalized spacial score (nSPS) is 12.6. The second kappa shape index (κ2) is 6.55. The number of hydrogen-bond donors (Lipinski definition) is 1. The van der Waals surface area contributed by atoms with Gasteiger partial charge in [-0.15, -0.1) is 0 Å². The second-order valence-corrected chi connectivity index (χ2v) is 5.35. The van der Waals surface area contributed by atoms with E-state index in [9.17, 15) is 4.79 Å². The molecule has 0 aliphatic rings. The van der Waals surface area contributed by atoms with Crippen molar-refractivity contribution in [3.8, 4) is 0 Å². The van der Waals surface area contributed by atoms with Crippen LogP contribution in [-0.2, 0) is 11.3 Å². The molecule has 3 heteroatoms. The van der Waals surface area contributed by atoms with E-state index in [1.165, 1.54) is 5.56 Å². The first-order chi connectivity index (χ1) is 8.40. The molecule has 0 heterocycles. The van der Waals surface area contributed by atoms with Crippen LogP contribution in [0.2, 0.25) is 0 Å². The van der Waals surface area contributed by atoms with Crippen LogP contribution in [0.25, 0.3) is 0 Å². The van der Waals surface area contributed by atoms with Gasteiger partial charge in [0.1, 0.15) is 0 Å². The first kappa shape index (κ1) is 14.7. The van der Waals surface area contributed by atoms with Gasteiger partial charge in [-0.05, 0) is 18.4 Å². The molecule has 0 saturated heterocycles. The molecule has 3 nitrogen and oxygen atoms in total. The molecule has 0 aromatic heterocycles. The van der Waals surface area contributed by atoms with Crippen LogP contribution in [0.3, 0.4) is 0 Å². The summed E-state index contributed by atoms with van der Waals surface area (Å²) in [6, 6.07) is 8.16. The number of benzene rings is 1. The Hall–Kier alpha value is -1.35. The summed E-state index contributed by atoms with van der Waals surface area (Å²) >= 11 is 0. The number of amides is 1. The molecule has 1 amide bonds. The molecular formula is C15H24N2O. The average Bonchev–Trinajstić information content (AvgIpc) is 2.28. The minimum Gasteiger partial charge on any atom is -0.341 e. The van der Waals surface area contributed by atoms with E-state index >= 15 is 0 Å². The van der Waals surface area contributed by atoms with Crippen LogP contribution in [0.5, 0.6) is 0 Å². The number of rotatable bonds is 5. The van der Waals surface area contributed by atoms with Gasteiger partial charge in [-0.2, -0.15) is 0 Å². The number of aryl methyl sites for hydroxylation is 1. The summed E-state index contributed by atoms with van der Waals surface area (Å²) in [5, 5.41) is 0. The van der Waals surface area contributed by atoms with Crippen molar-refractivity contribution in [1.29, 1.82) is 0 Å². The molecule has 2 N–H and O–H groups in total. The van der Waals surface area contributed by atoms with E-state index in [4.69, 9.17) is 5.73 Å². The SMILES string of the molecule is Cc1cccc(CN(C)C(=O)CC(N)C(C)C)c1. The summed E-state index contributed by atoms with van der Waals surface area (Å²) in [5.74, 6) is 0.444. The molecule has 18 heavy (non-hydrogen) atoms. The lowest BCUT2D eigenvalue weighted by molar-refractivity contribution is -0.131. The van der Waals surface area contributed by atoms with Crippen LogP contribution in [0, 0.1) is 12.8 Å². The first-order valence-electron chi connectivity index (χ1n) is 6.45. The monoisotopic (exact) mass is 248 g/mol. The predicted molar refractivity (Wildman–Crippen MR) is 75.1 cm³/mol. The number of hydrogen-bond acceptors (Lipinski definition) is 2. The second-order valence-electron chi connectivity index (χ2n) is 5.35. The van der Waals surface area contributed by atoms with Crippen molar-refractivity contribution in [2.45, 2.75) is 39.8 Å². The van der Waals surface area contributed by atoms with E-state index in [1.54, 1.807) is 4.90 Å². The molecule has 0 aliphatic heterocycles. The fraction of sp³-hybridized carbons (Fsp3) is 0.533. The van der Waals surface area contributed by atoms with E-state index in [1.807, 2.05) is 33.0 Å². The zero-order chi connectivity index (χ0) is 13.7. The molecule has 1 rings (SSSR count). The van der Waals surface area contributed by atoms with E-state index in [0.29, 0.717) is 18.9 Å². The Morgan fingerprint density at radius 2 is 2.06 bits per heavy atom. The lowest BCUT2D eigenvalue weighted by Gasteiger charge is -2.21. The molecular weight excluding hydrogens is 224 g/mol. The highest BCUT2D eigenvalue weighted by Gasteiger charge is 2.16. The van der Waals surface area contributed by atoms with Crippen LogP contribution in [-0.4, -0.2) is 23.9 Å². The molecule has 0 aliphatic carbocycles. The van der Waals surface area contributed by atoms with E-state index < -0.39 is 0 Å². The lowest BCUT2D eigenvalue weighted by Crippen LogP contribution is -2.35. The predicted octanol–water partition coefficient (Wildman–Crippen LogP) is 2.33. The maximum absolute atomic E-state index is 12.0. The third-order valence-corrected chi connectivity index (χ3v) is 3.19. The summed E-state index contributed by atoms with van der Waals surface area (Å²) in [7, 11) is 1.83. The summed E-state index contributed by atoms with van der Waals surface area (Å²) in [6.45, 7) is 6.78. The van der Waals surface area contributed by atoms with Gasteiger partial charge in [-0.25, -0.2) is 0 Å². The van der Waals surface area contributed by atoms with Gasteiger partial charge in [0, 0.05) is 26.1 Å². The number of carbonyl (C=O) groups excluding carboxylic acids is 1. The van der Waals surface area contributed by atoms with Crippen LogP contribution in [0.4, 0.5) is 0 Å². The summed E-state index contributed by atoms with van der Waals surface area (Å²) in [6.07, 6.45) is 0.417.